The van der Waals surface area contributed by atoms with Gasteiger partial charge in [0, 0.05) is 12.0 Å². The van der Waals surface area contributed by atoms with Crippen molar-refractivity contribution in [1.29, 1.82) is 0 Å². The number of carbonyl (C=O) groups is 1. The van der Waals surface area contributed by atoms with Crippen LogP contribution in [0, 0.1) is 0 Å². The topological polar surface area (TPSA) is 17.1 Å². The highest BCUT2D eigenvalue weighted by molar-refractivity contribution is 6.31. The van der Waals surface area contributed by atoms with Crippen LogP contribution in [0.4, 0.5) is 0 Å². The van der Waals surface area contributed by atoms with Gasteiger partial charge in [0.15, 0.2) is 5.78 Å². The van der Waals surface area contributed by atoms with E-state index in [1.807, 2.05) is 6.08 Å². The number of benzene rings is 6. The predicted octanol–water partition coefficient (Wildman–Crippen LogP) is 7.49. The minimum absolute atomic E-state index is 0.208. The van der Waals surface area contributed by atoms with Crippen LogP contribution < -0.4 is 0 Å². The molecule has 0 amide bonds. The number of ketones is 1. The Bertz CT molecular complexity index is 1670. The average Bonchev–Trinajstić information content (AvgIpc) is 2.76. The molecule has 0 radical (unpaired) electrons. The summed E-state index contributed by atoms with van der Waals surface area (Å²) in [6, 6.07) is 26.5. The van der Waals surface area contributed by atoms with Crippen molar-refractivity contribution in [3.05, 3.63) is 90.0 Å². The average molecular weight is 368 g/mol. The summed E-state index contributed by atoms with van der Waals surface area (Å²) in [5, 5.41) is 12.7. The summed E-state index contributed by atoms with van der Waals surface area (Å²) in [6.45, 7) is 0. The Balaban J connectivity index is 1.71. The molecule has 1 aliphatic rings. The largest absolute Gasteiger partial charge is 0.294 e. The number of carbonyl (C=O) groups excluding carboxylic acids is 1. The van der Waals surface area contributed by atoms with E-state index in [0.29, 0.717) is 6.42 Å². The Labute approximate surface area is 167 Å². The smallest absolute Gasteiger partial charge is 0.167 e. The molecule has 6 aromatic carbocycles. The minimum atomic E-state index is 0.208. The predicted molar refractivity (Wildman–Crippen MR) is 123 cm³/mol. The van der Waals surface area contributed by atoms with Gasteiger partial charge in [-0.15, -0.1) is 0 Å². The quantitative estimate of drug-likeness (QED) is 0.200. The minimum Gasteiger partial charge on any atom is -0.294 e. The molecule has 1 heteroatoms. The van der Waals surface area contributed by atoms with Crippen molar-refractivity contribution in [3.63, 3.8) is 0 Å². The van der Waals surface area contributed by atoms with Crippen LogP contribution in [0.5, 0.6) is 0 Å². The summed E-state index contributed by atoms with van der Waals surface area (Å²) in [6.07, 6.45) is 4.55. The van der Waals surface area contributed by atoms with Gasteiger partial charge >= 0.3 is 0 Å². The fraction of sp³-hybridized carbons (Fsp3) is 0.0357. The summed E-state index contributed by atoms with van der Waals surface area (Å²) in [5.74, 6) is 0.208. The van der Waals surface area contributed by atoms with Crippen LogP contribution in [0.1, 0.15) is 22.3 Å². The van der Waals surface area contributed by atoms with Crippen molar-refractivity contribution in [1.82, 2.24) is 0 Å². The Morgan fingerprint density at radius 3 is 2.24 bits per heavy atom. The first-order valence-corrected chi connectivity index (χ1v) is 10.0. The standard InChI is InChI=1S/C28H16O/c29-26-6-2-5-18-13-23-19(14-24(18)26)10-11-21-22-12-9-17-4-1-3-16-7-8-20(15-25(21)23)28(22)27(16)17/h1-5,7-15H,6H2. The molecule has 0 heterocycles. The van der Waals surface area contributed by atoms with E-state index in [1.165, 1.54) is 48.5 Å². The van der Waals surface area contributed by atoms with Crippen molar-refractivity contribution >= 4 is 65.7 Å². The van der Waals surface area contributed by atoms with Gasteiger partial charge in [-0.3, -0.25) is 4.79 Å². The van der Waals surface area contributed by atoms with Gasteiger partial charge in [-0.1, -0.05) is 66.7 Å². The molecule has 7 rings (SSSR count). The summed E-state index contributed by atoms with van der Waals surface area (Å²) in [4.78, 5) is 12.3. The Hall–Kier alpha value is -3.71. The first kappa shape index (κ1) is 15.2. The van der Waals surface area contributed by atoms with Crippen LogP contribution in [-0.4, -0.2) is 5.78 Å². The molecule has 0 saturated heterocycles. The highest BCUT2D eigenvalue weighted by atomic mass is 16.1. The number of allylic oxidation sites excluding steroid dienone is 1. The molecule has 0 unspecified atom stereocenters. The summed E-state index contributed by atoms with van der Waals surface area (Å²) in [5.41, 5.74) is 1.88. The summed E-state index contributed by atoms with van der Waals surface area (Å²) in [7, 11) is 0. The van der Waals surface area contributed by atoms with E-state index in [1.54, 1.807) is 0 Å². The van der Waals surface area contributed by atoms with Gasteiger partial charge in [-0.05, 0) is 77.6 Å². The molecule has 29 heavy (non-hydrogen) atoms. The zero-order valence-electron chi connectivity index (χ0n) is 15.7. The van der Waals surface area contributed by atoms with Crippen LogP contribution >= 0.6 is 0 Å². The van der Waals surface area contributed by atoms with Crippen molar-refractivity contribution in [2.75, 3.05) is 0 Å². The lowest BCUT2D eigenvalue weighted by Gasteiger charge is -2.16. The van der Waals surface area contributed by atoms with Gasteiger partial charge in [0.2, 0.25) is 0 Å². The molecular formula is C28H16O. The maximum absolute atomic E-state index is 12.3. The molecule has 0 fully saturated rings. The Kier molecular flexibility index (Phi) is 2.74. The van der Waals surface area contributed by atoms with Crippen molar-refractivity contribution in [2.24, 2.45) is 0 Å². The van der Waals surface area contributed by atoms with E-state index >= 15 is 0 Å². The number of rotatable bonds is 0. The zero-order valence-corrected chi connectivity index (χ0v) is 15.7. The van der Waals surface area contributed by atoms with Gasteiger partial charge in [0.1, 0.15) is 0 Å². The van der Waals surface area contributed by atoms with Crippen LogP contribution in [-0.2, 0) is 0 Å². The molecule has 0 saturated carbocycles. The third kappa shape index (κ3) is 1.92. The lowest BCUT2D eigenvalue weighted by molar-refractivity contribution is 0.0994. The van der Waals surface area contributed by atoms with Gasteiger partial charge in [-0.2, -0.15) is 0 Å². The number of hydrogen-bond acceptors (Lipinski definition) is 1. The van der Waals surface area contributed by atoms with Gasteiger partial charge < -0.3 is 0 Å². The fourth-order valence-corrected chi connectivity index (χ4v) is 5.19. The lowest BCUT2D eigenvalue weighted by atomic mass is 9.87. The van der Waals surface area contributed by atoms with Crippen molar-refractivity contribution in [3.8, 4) is 0 Å². The molecule has 1 aliphatic carbocycles. The first-order valence-electron chi connectivity index (χ1n) is 10.0. The highest BCUT2D eigenvalue weighted by Crippen LogP contribution is 2.41. The van der Waals surface area contributed by atoms with Gasteiger partial charge in [0.05, 0.1) is 0 Å². The van der Waals surface area contributed by atoms with Crippen LogP contribution in [0.2, 0.25) is 0 Å². The second-order valence-corrected chi connectivity index (χ2v) is 8.08. The van der Waals surface area contributed by atoms with Crippen molar-refractivity contribution in [2.45, 2.75) is 6.42 Å². The first-order chi connectivity index (χ1) is 14.3. The zero-order chi connectivity index (χ0) is 19.1. The summed E-state index contributed by atoms with van der Waals surface area (Å²) < 4.78 is 0. The monoisotopic (exact) mass is 368 g/mol. The number of Topliss-reactive ketones (excluding diaryl/α,β-unsaturated/α-hetero) is 1. The molecule has 0 bridgehead atoms. The molecule has 0 N–H and O–H groups in total. The number of hydrogen-bond donors (Lipinski definition) is 0. The normalized spacial score (nSPS) is 14.0. The van der Waals surface area contributed by atoms with Crippen molar-refractivity contribution < 1.29 is 4.79 Å². The maximum Gasteiger partial charge on any atom is 0.167 e. The number of fused-ring (bicyclic) bond motifs is 5. The molecule has 6 aromatic rings. The van der Waals surface area contributed by atoms with Crippen LogP contribution in [0.25, 0.3) is 59.9 Å². The second-order valence-electron chi connectivity index (χ2n) is 8.08. The van der Waals surface area contributed by atoms with Crippen LogP contribution in [0.3, 0.4) is 0 Å². The van der Waals surface area contributed by atoms with E-state index < -0.39 is 0 Å². The highest BCUT2D eigenvalue weighted by Gasteiger charge is 2.16. The Morgan fingerprint density at radius 2 is 1.34 bits per heavy atom. The second kappa shape index (κ2) is 5.21. The fourth-order valence-electron chi connectivity index (χ4n) is 5.19. The molecule has 0 atom stereocenters. The van der Waals surface area contributed by atoms with E-state index in [2.05, 4.69) is 78.9 Å². The van der Waals surface area contributed by atoms with E-state index in [9.17, 15) is 4.79 Å². The van der Waals surface area contributed by atoms with Crippen LogP contribution in [0.15, 0.2) is 78.9 Å². The lowest BCUT2D eigenvalue weighted by Crippen LogP contribution is -2.04. The van der Waals surface area contributed by atoms with E-state index in [4.69, 9.17) is 0 Å². The molecular weight excluding hydrogens is 352 g/mol. The molecule has 0 aliphatic heterocycles. The third-order valence-electron chi connectivity index (χ3n) is 6.53. The Morgan fingerprint density at radius 1 is 0.586 bits per heavy atom. The van der Waals surface area contributed by atoms with Gasteiger partial charge in [-0.25, -0.2) is 0 Å². The maximum atomic E-state index is 12.3. The molecule has 134 valence electrons. The SMILES string of the molecule is O=C1CC=Cc2cc3c(ccc4c3cc3ccc5cccc6ccc4c3c56)cc21. The third-order valence-corrected chi connectivity index (χ3v) is 6.53. The van der Waals surface area contributed by atoms with Gasteiger partial charge in [0.25, 0.3) is 0 Å². The van der Waals surface area contributed by atoms with E-state index in [0.717, 1.165) is 16.5 Å². The molecule has 0 spiro atoms. The molecule has 1 nitrogen and oxygen atoms in total. The molecule has 0 aromatic heterocycles. The summed E-state index contributed by atoms with van der Waals surface area (Å²) >= 11 is 0. The van der Waals surface area contributed by atoms with E-state index in [-0.39, 0.29) is 5.78 Å².